The van der Waals surface area contributed by atoms with E-state index in [0.29, 0.717) is 0 Å². The molecule has 1 atom stereocenters. The number of rotatable bonds is 6. The van der Waals surface area contributed by atoms with Gasteiger partial charge in [-0.3, -0.25) is 0 Å². The molecule has 0 saturated carbocycles. The van der Waals surface area contributed by atoms with Crippen molar-refractivity contribution in [1.82, 2.24) is 0 Å². The molecule has 0 aliphatic carbocycles. The first-order valence-electron chi connectivity index (χ1n) is 7.69. The molecule has 0 radical (unpaired) electrons. The van der Waals surface area contributed by atoms with Gasteiger partial charge in [0.05, 0.1) is 0 Å². The lowest BCUT2D eigenvalue weighted by molar-refractivity contribution is 0.646. The standard InChI is InChI=1S/C19H26N2/c1-4-18(20)13-16-9-11-19(12-10-16)21(3)14-17-7-5-15(2)6-8-17/h5-12,18H,4,13-14,20H2,1-3H3. The second-order valence-corrected chi connectivity index (χ2v) is 5.88. The van der Waals surface area contributed by atoms with Gasteiger partial charge < -0.3 is 10.6 Å². The fourth-order valence-corrected chi connectivity index (χ4v) is 2.39. The van der Waals surface area contributed by atoms with Crippen LogP contribution in [-0.4, -0.2) is 13.1 Å². The van der Waals surface area contributed by atoms with Crippen LogP contribution in [0.3, 0.4) is 0 Å². The molecular formula is C19H26N2. The summed E-state index contributed by atoms with van der Waals surface area (Å²) in [5.74, 6) is 0. The Morgan fingerprint density at radius 2 is 1.52 bits per heavy atom. The quantitative estimate of drug-likeness (QED) is 0.870. The molecule has 0 fully saturated rings. The smallest absolute Gasteiger partial charge is 0.0426 e. The van der Waals surface area contributed by atoms with Crippen LogP contribution in [0.5, 0.6) is 0 Å². The molecule has 0 saturated heterocycles. The van der Waals surface area contributed by atoms with E-state index < -0.39 is 0 Å². The average molecular weight is 282 g/mol. The number of nitrogens with two attached hydrogens (primary N) is 1. The Kier molecular flexibility index (Phi) is 5.40. The van der Waals surface area contributed by atoms with Crippen molar-refractivity contribution in [3.8, 4) is 0 Å². The van der Waals surface area contributed by atoms with Gasteiger partial charge in [-0.05, 0) is 43.0 Å². The van der Waals surface area contributed by atoms with Gasteiger partial charge in [0.1, 0.15) is 0 Å². The van der Waals surface area contributed by atoms with Crippen LogP contribution in [0.2, 0.25) is 0 Å². The third-order valence-corrected chi connectivity index (χ3v) is 3.94. The van der Waals surface area contributed by atoms with Crippen LogP contribution in [0.15, 0.2) is 48.5 Å². The molecule has 2 aromatic carbocycles. The molecule has 0 aliphatic rings. The van der Waals surface area contributed by atoms with Crippen molar-refractivity contribution in [2.75, 3.05) is 11.9 Å². The van der Waals surface area contributed by atoms with Crippen molar-refractivity contribution in [3.63, 3.8) is 0 Å². The van der Waals surface area contributed by atoms with Crippen LogP contribution in [-0.2, 0) is 13.0 Å². The lowest BCUT2D eigenvalue weighted by Gasteiger charge is -2.20. The second kappa shape index (κ2) is 7.28. The summed E-state index contributed by atoms with van der Waals surface area (Å²) in [5, 5.41) is 0. The van der Waals surface area contributed by atoms with Gasteiger partial charge in [0.15, 0.2) is 0 Å². The van der Waals surface area contributed by atoms with Gasteiger partial charge in [0.25, 0.3) is 0 Å². The summed E-state index contributed by atoms with van der Waals surface area (Å²) in [6.07, 6.45) is 1.98. The van der Waals surface area contributed by atoms with Gasteiger partial charge in [-0.2, -0.15) is 0 Å². The first-order chi connectivity index (χ1) is 10.1. The zero-order valence-corrected chi connectivity index (χ0v) is 13.3. The van der Waals surface area contributed by atoms with Gasteiger partial charge in [-0.1, -0.05) is 48.9 Å². The molecule has 112 valence electrons. The molecule has 0 bridgehead atoms. The third kappa shape index (κ3) is 4.61. The van der Waals surface area contributed by atoms with Crippen LogP contribution in [0.25, 0.3) is 0 Å². The van der Waals surface area contributed by atoms with E-state index in [1.54, 1.807) is 0 Å². The monoisotopic (exact) mass is 282 g/mol. The Morgan fingerprint density at radius 1 is 0.952 bits per heavy atom. The third-order valence-electron chi connectivity index (χ3n) is 3.94. The highest BCUT2D eigenvalue weighted by Crippen LogP contribution is 2.17. The van der Waals surface area contributed by atoms with Crippen molar-refractivity contribution in [2.45, 2.75) is 39.3 Å². The van der Waals surface area contributed by atoms with E-state index in [0.717, 1.165) is 19.4 Å². The van der Waals surface area contributed by atoms with E-state index >= 15 is 0 Å². The first-order valence-corrected chi connectivity index (χ1v) is 7.69. The molecule has 0 amide bonds. The average Bonchev–Trinajstić information content (AvgIpc) is 2.50. The van der Waals surface area contributed by atoms with Crippen LogP contribution >= 0.6 is 0 Å². The van der Waals surface area contributed by atoms with Crippen LogP contribution in [0.4, 0.5) is 5.69 Å². The molecule has 0 aromatic heterocycles. The van der Waals surface area contributed by atoms with Crippen molar-refractivity contribution in [3.05, 3.63) is 65.2 Å². The topological polar surface area (TPSA) is 29.3 Å². The summed E-state index contributed by atoms with van der Waals surface area (Å²) in [6.45, 7) is 5.18. The number of aryl methyl sites for hydroxylation is 1. The van der Waals surface area contributed by atoms with Crippen LogP contribution in [0.1, 0.15) is 30.0 Å². The van der Waals surface area contributed by atoms with E-state index in [1.165, 1.54) is 22.4 Å². The molecule has 2 N–H and O–H groups in total. The van der Waals surface area contributed by atoms with Gasteiger partial charge in [-0.25, -0.2) is 0 Å². The molecule has 0 aliphatic heterocycles. The van der Waals surface area contributed by atoms with Crippen molar-refractivity contribution < 1.29 is 0 Å². The summed E-state index contributed by atoms with van der Waals surface area (Å²) in [6, 6.07) is 17.7. The Labute approximate surface area is 128 Å². The van der Waals surface area contributed by atoms with Crippen molar-refractivity contribution >= 4 is 5.69 Å². The Balaban J connectivity index is 1.99. The first kappa shape index (κ1) is 15.6. The molecule has 2 aromatic rings. The fourth-order valence-electron chi connectivity index (χ4n) is 2.39. The molecule has 2 nitrogen and oxygen atoms in total. The predicted octanol–water partition coefficient (Wildman–Crippen LogP) is 3.91. The maximum absolute atomic E-state index is 6.01. The molecular weight excluding hydrogens is 256 g/mol. The van der Waals surface area contributed by atoms with E-state index in [1.807, 2.05) is 0 Å². The van der Waals surface area contributed by atoms with E-state index in [9.17, 15) is 0 Å². The second-order valence-electron chi connectivity index (χ2n) is 5.88. The lowest BCUT2D eigenvalue weighted by atomic mass is 10.0. The molecule has 2 heteroatoms. The molecule has 1 unspecified atom stereocenters. The molecule has 21 heavy (non-hydrogen) atoms. The Morgan fingerprint density at radius 3 is 2.10 bits per heavy atom. The molecule has 0 heterocycles. The van der Waals surface area contributed by atoms with Gasteiger partial charge in [-0.15, -0.1) is 0 Å². The molecule has 0 spiro atoms. The van der Waals surface area contributed by atoms with Crippen LogP contribution in [0, 0.1) is 6.92 Å². The molecule has 2 rings (SSSR count). The predicted molar refractivity (Wildman–Crippen MR) is 91.7 cm³/mol. The van der Waals surface area contributed by atoms with Crippen molar-refractivity contribution in [2.24, 2.45) is 5.73 Å². The maximum atomic E-state index is 6.01. The van der Waals surface area contributed by atoms with Gasteiger partial charge >= 0.3 is 0 Å². The van der Waals surface area contributed by atoms with Gasteiger partial charge in [0.2, 0.25) is 0 Å². The van der Waals surface area contributed by atoms with Crippen molar-refractivity contribution in [1.29, 1.82) is 0 Å². The highest BCUT2D eigenvalue weighted by atomic mass is 15.1. The number of benzene rings is 2. The normalized spacial score (nSPS) is 12.2. The highest BCUT2D eigenvalue weighted by molar-refractivity contribution is 5.47. The SMILES string of the molecule is CCC(N)Cc1ccc(N(C)Cc2ccc(C)cc2)cc1. The minimum absolute atomic E-state index is 0.265. The fraction of sp³-hybridized carbons (Fsp3) is 0.368. The Bertz CT molecular complexity index is 543. The Hall–Kier alpha value is -1.80. The summed E-state index contributed by atoms with van der Waals surface area (Å²) >= 11 is 0. The number of nitrogens with zero attached hydrogens (tertiary/aromatic N) is 1. The summed E-state index contributed by atoms with van der Waals surface area (Å²) in [4.78, 5) is 2.27. The maximum Gasteiger partial charge on any atom is 0.0426 e. The zero-order valence-electron chi connectivity index (χ0n) is 13.3. The number of anilines is 1. The van der Waals surface area contributed by atoms with Crippen LogP contribution < -0.4 is 10.6 Å². The zero-order chi connectivity index (χ0) is 15.2. The number of hydrogen-bond acceptors (Lipinski definition) is 2. The van der Waals surface area contributed by atoms with Gasteiger partial charge in [0, 0.05) is 25.3 Å². The largest absolute Gasteiger partial charge is 0.370 e. The highest BCUT2D eigenvalue weighted by Gasteiger charge is 2.04. The minimum Gasteiger partial charge on any atom is -0.370 e. The summed E-state index contributed by atoms with van der Waals surface area (Å²) < 4.78 is 0. The minimum atomic E-state index is 0.265. The van der Waals surface area contributed by atoms with E-state index in [-0.39, 0.29) is 6.04 Å². The summed E-state index contributed by atoms with van der Waals surface area (Å²) in [5.41, 5.74) is 11.2. The summed E-state index contributed by atoms with van der Waals surface area (Å²) in [7, 11) is 2.13. The number of hydrogen-bond donors (Lipinski definition) is 1. The van der Waals surface area contributed by atoms with E-state index in [2.05, 4.69) is 74.3 Å². The lowest BCUT2D eigenvalue weighted by Crippen LogP contribution is -2.21. The van der Waals surface area contributed by atoms with E-state index in [4.69, 9.17) is 5.73 Å².